The number of carbonyl (C=O) groups excluding carboxylic acids is 1. The number of benzene rings is 1. The van der Waals surface area contributed by atoms with Crippen LogP contribution in [-0.4, -0.2) is 59.3 Å². The van der Waals surface area contributed by atoms with Gasteiger partial charge in [-0.1, -0.05) is 6.07 Å². The van der Waals surface area contributed by atoms with Crippen LogP contribution in [0.1, 0.15) is 22.3 Å². The monoisotopic (exact) mass is 380 g/mol. The van der Waals surface area contributed by atoms with Crippen molar-refractivity contribution in [1.82, 2.24) is 18.8 Å². The van der Waals surface area contributed by atoms with Gasteiger partial charge in [-0.25, -0.2) is 17.8 Å². The zero-order chi connectivity index (χ0) is 18.9. The van der Waals surface area contributed by atoms with Crippen molar-refractivity contribution < 1.29 is 17.6 Å². The Balaban J connectivity index is 1.73. The number of nitrogens with zero attached hydrogens (tertiary/aromatic N) is 4. The van der Waals surface area contributed by atoms with E-state index in [1.54, 1.807) is 35.6 Å². The maximum Gasteiger partial charge on any atom is 0.262 e. The molecule has 9 heteroatoms. The highest BCUT2D eigenvalue weighted by atomic mass is 32.2. The van der Waals surface area contributed by atoms with E-state index in [4.69, 9.17) is 0 Å². The molecule has 3 rings (SSSR count). The summed E-state index contributed by atoms with van der Waals surface area (Å²) < 4.78 is 42.0. The third kappa shape index (κ3) is 3.63. The first-order valence-corrected chi connectivity index (χ1v) is 9.76. The molecule has 0 N–H and O–H groups in total. The van der Waals surface area contributed by atoms with Crippen molar-refractivity contribution in [2.45, 2.75) is 18.4 Å². The van der Waals surface area contributed by atoms with E-state index >= 15 is 0 Å². The minimum Gasteiger partial charge on any atom is -0.339 e. The van der Waals surface area contributed by atoms with Gasteiger partial charge in [0.2, 0.25) is 0 Å². The molecule has 0 radical (unpaired) electrons. The van der Waals surface area contributed by atoms with Crippen molar-refractivity contribution in [3.63, 3.8) is 0 Å². The molecule has 1 amide bonds. The summed E-state index contributed by atoms with van der Waals surface area (Å²) in [5.41, 5.74) is 0.749. The van der Waals surface area contributed by atoms with Gasteiger partial charge < -0.3 is 9.47 Å². The van der Waals surface area contributed by atoms with E-state index in [9.17, 15) is 17.6 Å². The van der Waals surface area contributed by atoms with Gasteiger partial charge in [-0.05, 0) is 31.0 Å². The summed E-state index contributed by atoms with van der Waals surface area (Å²) in [6.45, 7) is 2.79. The van der Waals surface area contributed by atoms with E-state index in [0.29, 0.717) is 25.1 Å². The molecular weight excluding hydrogens is 359 g/mol. The number of hydrogen-bond donors (Lipinski definition) is 0. The first-order valence-electron chi connectivity index (χ1n) is 8.32. The number of carbonyl (C=O) groups is 1. The summed E-state index contributed by atoms with van der Waals surface area (Å²) in [5, 5.41) is 0.000354. The van der Waals surface area contributed by atoms with Crippen molar-refractivity contribution >= 4 is 15.9 Å². The van der Waals surface area contributed by atoms with Crippen LogP contribution in [0.15, 0.2) is 35.7 Å². The Morgan fingerprint density at radius 1 is 1.19 bits per heavy atom. The van der Waals surface area contributed by atoms with Gasteiger partial charge >= 0.3 is 0 Å². The van der Waals surface area contributed by atoms with Crippen LogP contribution in [-0.2, 0) is 17.1 Å². The van der Waals surface area contributed by atoms with Crippen molar-refractivity contribution in [2.75, 3.05) is 26.2 Å². The molecule has 1 saturated heterocycles. The molecule has 0 unspecified atom stereocenters. The van der Waals surface area contributed by atoms with Gasteiger partial charge in [0, 0.05) is 45.0 Å². The molecule has 1 aromatic heterocycles. The molecule has 1 fully saturated rings. The number of aryl methyl sites for hydroxylation is 2. The fourth-order valence-electron chi connectivity index (χ4n) is 2.90. The van der Waals surface area contributed by atoms with Crippen LogP contribution in [0.4, 0.5) is 4.39 Å². The minimum absolute atomic E-state index is 0.000354. The lowest BCUT2D eigenvalue weighted by molar-refractivity contribution is 0.0763. The Morgan fingerprint density at radius 3 is 2.62 bits per heavy atom. The molecule has 1 aromatic carbocycles. The number of sulfonamides is 1. The second-order valence-corrected chi connectivity index (χ2v) is 8.28. The van der Waals surface area contributed by atoms with Crippen LogP contribution in [0, 0.1) is 12.7 Å². The predicted molar refractivity (Wildman–Crippen MR) is 93.6 cm³/mol. The predicted octanol–water partition coefficient (Wildman–Crippen LogP) is 1.40. The Kier molecular flexibility index (Phi) is 5.10. The molecule has 26 heavy (non-hydrogen) atoms. The van der Waals surface area contributed by atoms with Crippen LogP contribution >= 0.6 is 0 Å². The Hall–Kier alpha value is -2.26. The first-order chi connectivity index (χ1) is 12.3. The largest absolute Gasteiger partial charge is 0.339 e. The Bertz CT molecular complexity index is 926. The zero-order valence-electron chi connectivity index (χ0n) is 14.7. The van der Waals surface area contributed by atoms with Crippen molar-refractivity contribution in [3.05, 3.63) is 47.7 Å². The highest BCUT2D eigenvalue weighted by molar-refractivity contribution is 7.89. The fourth-order valence-corrected chi connectivity index (χ4v) is 4.34. The lowest BCUT2D eigenvalue weighted by Gasteiger charge is -2.21. The lowest BCUT2D eigenvalue weighted by Crippen LogP contribution is -2.37. The molecule has 140 valence electrons. The quantitative estimate of drug-likeness (QED) is 0.807. The van der Waals surface area contributed by atoms with Gasteiger partial charge in [-0.2, -0.15) is 4.31 Å². The maximum atomic E-state index is 13.7. The second-order valence-electron chi connectivity index (χ2n) is 6.39. The number of aromatic nitrogens is 2. The maximum absolute atomic E-state index is 13.7. The topological polar surface area (TPSA) is 75.5 Å². The molecular formula is C17H21FN4O3S. The molecule has 2 aromatic rings. The van der Waals surface area contributed by atoms with Crippen molar-refractivity contribution in [3.8, 4) is 0 Å². The van der Waals surface area contributed by atoms with Gasteiger partial charge in [0.1, 0.15) is 5.82 Å². The SMILES string of the molecule is Cc1ccc(C(=O)N2CCCN(S(=O)(=O)c3cn(C)cn3)CC2)cc1F. The zero-order valence-corrected chi connectivity index (χ0v) is 15.5. The Labute approximate surface area is 152 Å². The summed E-state index contributed by atoms with van der Waals surface area (Å²) in [5.74, 6) is -0.717. The van der Waals surface area contributed by atoms with Crippen LogP contribution < -0.4 is 0 Å². The molecule has 2 heterocycles. The van der Waals surface area contributed by atoms with Gasteiger partial charge in [0.05, 0.1) is 6.33 Å². The van der Waals surface area contributed by atoms with Crippen molar-refractivity contribution in [2.24, 2.45) is 7.05 Å². The van der Waals surface area contributed by atoms with E-state index in [-0.39, 0.29) is 29.6 Å². The molecule has 0 saturated carbocycles. The van der Waals surface area contributed by atoms with Crippen LogP contribution in [0.2, 0.25) is 0 Å². The Morgan fingerprint density at radius 2 is 1.96 bits per heavy atom. The second kappa shape index (κ2) is 7.16. The normalized spacial score (nSPS) is 16.5. The van der Waals surface area contributed by atoms with E-state index in [1.807, 2.05) is 0 Å². The molecule has 0 spiro atoms. The molecule has 0 aliphatic carbocycles. The first kappa shape index (κ1) is 18.5. The smallest absolute Gasteiger partial charge is 0.262 e. The molecule has 7 nitrogen and oxygen atoms in total. The molecule has 1 aliphatic rings. The number of imidazole rings is 1. The third-order valence-electron chi connectivity index (χ3n) is 4.45. The van der Waals surface area contributed by atoms with Crippen molar-refractivity contribution in [1.29, 1.82) is 0 Å². The summed E-state index contributed by atoms with van der Waals surface area (Å²) in [6, 6.07) is 4.39. The number of amides is 1. The highest BCUT2D eigenvalue weighted by Crippen LogP contribution is 2.18. The van der Waals surface area contributed by atoms with E-state index in [2.05, 4.69) is 4.98 Å². The van der Waals surface area contributed by atoms with E-state index in [1.165, 1.54) is 22.9 Å². The van der Waals surface area contributed by atoms with Crippen LogP contribution in [0.5, 0.6) is 0 Å². The molecule has 1 aliphatic heterocycles. The number of hydrogen-bond acceptors (Lipinski definition) is 4. The van der Waals surface area contributed by atoms with Gasteiger partial charge in [-0.3, -0.25) is 4.79 Å². The fraction of sp³-hybridized carbons (Fsp3) is 0.412. The summed E-state index contributed by atoms with van der Waals surface area (Å²) >= 11 is 0. The van der Waals surface area contributed by atoms with Gasteiger partial charge in [-0.15, -0.1) is 0 Å². The molecule has 0 atom stereocenters. The van der Waals surface area contributed by atoms with Crippen LogP contribution in [0.25, 0.3) is 0 Å². The summed E-state index contributed by atoms with van der Waals surface area (Å²) in [6.07, 6.45) is 3.40. The number of rotatable bonds is 3. The average molecular weight is 380 g/mol. The minimum atomic E-state index is -3.69. The van der Waals surface area contributed by atoms with E-state index < -0.39 is 15.8 Å². The third-order valence-corrected chi connectivity index (χ3v) is 6.23. The van der Waals surface area contributed by atoms with Gasteiger partial charge in [0.25, 0.3) is 15.9 Å². The standard InChI is InChI=1S/C17H21FN4O3S/c1-13-4-5-14(10-15(13)18)17(23)21-6-3-7-22(9-8-21)26(24,25)16-11-20(2)12-19-16/h4-5,10-12H,3,6-9H2,1-2H3. The summed E-state index contributed by atoms with van der Waals surface area (Å²) in [4.78, 5) is 18.1. The average Bonchev–Trinajstić information content (AvgIpc) is 2.90. The highest BCUT2D eigenvalue weighted by Gasteiger charge is 2.30. The van der Waals surface area contributed by atoms with Crippen LogP contribution in [0.3, 0.4) is 0 Å². The lowest BCUT2D eigenvalue weighted by atomic mass is 10.1. The van der Waals surface area contributed by atoms with Gasteiger partial charge in [0.15, 0.2) is 5.03 Å². The van der Waals surface area contributed by atoms with E-state index in [0.717, 1.165) is 0 Å². The summed E-state index contributed by atoms with van der Waals surface area (Å²) in [7, 11) is -1.98. The molecule has 0 bridgehead atoms. The number of halogens is 1.